The van der Waals surface area contributed by atoms with Crippen molar-refractivity contribution in [3.63, 3.8) is 0 Å². The number of hydrogen-bond donors (Lipinski definition) is 0. The molecule has 0 saturated heterocycles. The minimum atomic E-state index is -0.0168. The molecule has 3 heterocycles. The third-order valence-corrected chi connectivity index (χ3v) is 14.4. The smallest absolute Gasteiger partial charge is 0.0548 e. The van der Waals surface area contributed by atoms with Crippen LogP contribution in [0.1, 0.15) is 75.3 Å². The van der Waals surface area contributed by atoms with E-state index in [0.717, 1.165) is 17.1 Å². The molecular formula is C61H49N3. The van der Waals surface area contributed by atoms with Crippen molar-refractivity contribution in [2.75, 3.05) is 9.80 Å². The lowest BCUT2D eigenvalue weighted by molar-refractivity contribution is 0.589. The topological polar surface area (TPSA) is 11.4 Å². The highest BCUT2D eigenvalue weighted by Gasteiger charge is 2.42. The Morgan fingerprint density at radius 3 is 1.62 bits per heavy atom. The summed E-state index contributed by atoms with van der Waals surface area (Å²) in [6.45, 7) is 13.9. The van der Waals surface area contributed by atoms with Gasteiger partial charge in [0.05, 0.1) is 39.5 Å². The van der Waals surface area contributed by atoms with Gasteiger partial charge in [0.1, 0.15) is 0 Å². The van der Waals surface area contributed by atoms with Gasteiger partial charge >= 0.3 is 0 Å². The minimum absolute atomic E-state index is 0.0168. The van der Waals surface area contributed by atoms with Gasteiger partial charge in [-0.05, 0) is 127 Å². The van der Waals surface area contributed by atoms with E-state index in [1.54, 1.807) is 0 Å². The predicted molar refractivity (Wildman–Crippen MR) is 270 cm³/mol. The van der Waals surface area contributed by atoms with Crippen molar-refractivity contribution >= 4 is 66.7 Å². The molecule has 1 aromatic heterocycles. The van der Waals surface area contributed by atoms with E-state index in [-0.39, 0.29) is 16.7 Å². The van der Waals surface area contributed by atoms with Crippen molar-refractivity contribution < 1.29 is 0 Å². The summed E-state index contributed by atoms with van der Waals surface area (Å²) < 4.78 is 2.56. The Hall–Kier alpha value is -7.36. The highest BCUT2D eigenvalue weighted by atomic mass is 15.2. The van der Waals surface area contributed by atoms with Gasteiger partial charge in [0.15, 0.2) is 0 Å². The average molecular weight is 824 g/mol. The number of fused-ring (bicyclic) bond motifs is 7. The number of rotatable bonds is 3. The first-order chi connectivity index (χ1) is 31.0. The summed E-state index contributed by atoms with van der Waals surface area (Å²) in [5, 5.41) is 5.22. The number of para-hydroxylation sites is 2. The van der Waals surface area contributed by atoms with Crippen molar-refractivity contribution in [3.05, 3.63) is 210 Å². The SMILES string of the molecule is CC(C)(C)c1ccc(N2c3ccccc3C3c4cc(C(C)(C)C)ccc4N(c4ccccc4)c4cc(-n5c6cccc7c6c6c8c(cccc8ccc65)-c5ccccc5-7)cc2c43)cc1. The number of anilines is 6. The van der Waals surface area contributed by atoms with Crippen molar-refractivity contribution in [3.8, 4) is 27.9 Å². The Kier molecular flexibility index (Phi) is 7.61. The number of nitrogens with zero attached hydrogens (tertiary/aromatic N) is 3. The number of hydrogen-bond acceptors (Lipinski definition) is 2. The van der Waals surface area contributed by atoms with Gasteiger partial charge in [-0.1, -0.05) is 163 Å². The minimum Gasteiger partial charge on any atom is -0.310 e. The lowest BCUT2D eigenvalue weighted by Gasteiger charge is -2.45. The molecule has 1 unspecified atom stereocenters. The van der Waals surface area contributed by atoms with Gasteiger partial charge in [0, 0.05) is 33.6 Å². The van der Waals surface area contributed by atoms with Gasteiger partial charge in [0.2, 0.25) is 0 Å². The summed E-state index contributed by atoms with van der Waals surface area (Å²) in [6, 6.07) is 69.2. The predicted octanol–water partition coefficient (Wildman–Crippen LogP) is 16.9. The molecule has 0 N–H and O–H groups in total. The molecule has 0 radical (unpaired) electrons. The monoisotopic (exact) mass is 823 g/mol. The summed E-state index contributed by atoms with van der Waals surface area (Å²) in [6.07, 6.45) is 0. The molecule has 2 aliphatic heterocycles. The Morgan fingerprint density at radius 2 is 0.922 bits per heavy atom. The third kappa shape index (κ3) is 5.15. The lowest BCUT2D eigenvalue weighted by Crippen LogP contribution is -2.30. The van der Waals surface area contributed by atoms with Crippen LogP contribution in [-0.4, -0.2) is 4.57 Å². The molecular weight excluding hydrogens is 775 g/mol. The standard InChI is InChI=1S/C61H49N3/c1-60(2,3)38-27-30-41(31-28-38)63-49-24-13-12-21-47(49)56-48-34-39(61(4,5)6)29-33-50(48)62(40-17-8-7-9-18-40)53-35-42(36-54(63)58(53)56)64-51-25-15-23-46-44-20-11-10-19-43(44)45-22-14-16-37-26-32-52(64)59(55(37)45)57(46)51/h7-36,56H,1-6H3. The summed E-state index contributed by atoms with van der Waals surface area (Å²) in [5.74, 6) is 0.0240. The second kappa shape index (κ2) is 13.1. The van der Waals surface area contributed by atoms with Crippen LogP contribution in [-0.2, 0) is 10.8 Å². The zero-order valence-electron chi connectivity index (χ0n) is 37.2. The summed E-state index contributed by atoms with van der Waals surface area (Å²) in [4.78, 5) is 5.09. The molecule has 13 rings (SSSR count). The van der Waals surface area contributed by atoms with Crippen LogP contribution in [0, 0.1) is 0 Å². The molecule has 0 amide bonds. The second-order valence-electron chi connectivity index (χ2n) is 20.2. The van der Waals surface area contributed by atoms with E-state index in [2.05, 4.69) is 238 Å². The van der Waals surface area contributed by atoms with E-state index in [4.69, 9.17) is 0 Å². The Morgan fingerprint density at radius 1 is 0.359 bits per heavy atom. The fourth-order valence-electron chi connectivity index (χ4n) is 11.4. The van der Waals surface area contributed by atoms with Crippen LogP contribution >= 0.6 is 0 Å². The Balaban J connectivity index is 1.18. The normalized spacial score (nSPS) is 14.8. The molecule has 10 aromatic rings. The van der Waals surface area contributed by atoms with E-state index in [0.29, 0.717) is 0 Å². The van der Waals surface area contributed by atoms with Crippen molar-refractivity contribution in [2.24, 2.45) is 0 Å². The first-order valence-corrected chi connectivity index (χ1v) is 22.8. The number of benzene rings is 9. The molecule has 0 spiro atoms. The fraction of sp³-hybridized carbons (Fsp3) is 0.148. The molecule has 0 saturated carbocycles. The average Bonchev–Trinajstić information content (AvgIpc) is 3.59. The van der Waals surface area contributed by atoms with E-state index >= 15 is 0 Å². The molecule has 9 aromatic carbocycles. The number of aromatic nitrogens is 1. The third-order valence-electron chi connectivity index (χ3n) is 14.4. The van der Waals surface area contributed by atoms with Crippen molar-refractivity contribution in [2.45, 2.75) is 58.3 Å². The van der Waals surface area contributed by atoms with Gasteiger partial charge in [-0.3, -0.25) is 0 Å². The first-order valence-electron chi connectivity index (χ1n) is 22.8. The molecule has 1 aliphatic carbocycles. The lowest BCUT2D eigenvalue weighted by atomic mass is 9.74. The van der Waals surface area contributed by atoms with E-state index in [1.165, 1.54) is 105 Å². The quantitative estimate of drug-likeness (QED) is 0.176. The summed E-state index contributed by atoms with van der Waals surface area (Å²) in [5.41, 5.74) is 22.6. The molecule has 64 heavy (non-hydrogen) atoms. The zero-order valence-corrected chi connectivity index (χ0v) is 37.2. The van der Waals surface area contributed by atoms with Crippen LogP contribution in [0.25, 0.3) is 60.5 Å². The molecule has 0 fully saturated rings. The molecule has 0 bridgehead atoms. The molecule has 3 aliphatic rings. The highest BCUT2D eigenvalue weighted by Crippen LogP contribution is 2.62. The van der Waals surface area contributed by atoms with Gasteiger partial charge in [-0.2, -0.15) is 0 Å². The van der Waals surface area contributed by atoms with Crippen molar-refractivity contribution in [1.29, 1.82) is 0 Å². The van der Waals surface area contributed by atoms with Crippen LogP contribution in [0.15, 0.2) is 182 Å². The van der Waals surface area contributed by atoms with Crippen LogP contribution in [0.2, 0.25) is 0 Å². The maximum Gasteiger partial charge on any atom is 0.0548 e. The van der Waals surface area contributed by atoms with Gasteiger partial charge in [-0.15, -0.1) is 0 Å². The van der Waals surface area contributed by atoms with E-state index in [1.807, 2.05) is 0 Å². The van der Waals surface area contributed by atoms with Crippen LogP contribution in [0.5, 0.6) is 0 Å². The zero-order chi connectivity index (χ0) is 43.2. The summed E-state index contributed by atoms with van der Waals surface area (Å²) in [7, 11) is 0. The molecule has 3 heteroatoms. The second-order valence-corrected chi connectivity index (χ2v) is 20.2. The molecule has 3 nitrogen and oxygen atoms in total. The van der Waals surface area contributed by atoms with Crippen LogP contribution in [0.3, 0.4) is 0 Å². The first kappa shape index (κ1) is 37.2. The Bertz CT molecular complexity index is 3580. The molecule has 1 atom stereocenters. The summed E-state index contributed by atoms with van der Waals surface area (Å²) >= 11 is 0. The largest absolute Gasteiger partial charge is 0.310 e. The maximum absolute atomic E-state index is 2.56. The van der Waals surface area contributed by atoms with Gasteiger partial charge in [-0.25, -0.2) is 0 Å². The van der Waals surface area contributed by atoms with Crippen LogP contribution < -0.4 is 9.80 Å². The van der Waals surface area contributed by atoms with Crippen LogP contribution in [0.4, 0.5) is 34.1 Å². The van der Waals surface area contributed by atoms with E-state index in [9.17, 15) is 0 Å². The molecule has 308 valence electrons. The fourth-order valence-corrected chi connectivity index (χ4v) is 11.4. The van der Waals surface area contributed by atoms with Gasteiger partial charge in [0.25, 0.3) is 0 Å². The maximum atomic E-state index is 2.56. The highest BCUT2D eigenvalue weighted by molar-refractivity contribution is 6.30. The van der Waals surface area contributed by atoms with E-state index < -0.39 is 0 Å². The van der Waals surface area contributed by atoms with Crippen molar-refractivity contribution in [1.82, 2.24) is 4.57 Å². The van der Waals surface area contributed by atoms with Gasteiger partial charge < -0.3 is 14.4 Å². The Labute approximate surface area is 375 Å².